The Balaban J connectivity index is 1.68. The van der Waals surface area contributed by atoms with Crippen LogP contribution in [0, 0.1) is 0 Å². The van der Waals surface area contributed by atoms with E-state index in [4.69, 9.17) is 34.8 Å². The number of para-hydroxylation sites is 1. The number of hydrogen-bond donors (Lipinski definition) is 1. The number of hydrogen-bond acceptors (Lipinski definition) is 3. The lowest BCUT2D eigenvalue weighted by Crippen LogP contribution is -2.18. The van der Waals surface area contributed by atoms with Crippen molar-refractivity contribution in [3.05, 3.63) is 99.0 Å². The van der Waals surface area contributed by atoms with Crippen LogP contribution in [0.15, 0.2) is 77.9 Å². The van der Waals surface area contributed by atoms with Crippen LogP contribution in [0.5, 0.6) is 0 Å². The Hall–Kier alpha value is -2.92. The van der Waals surface area contributed by atoms with E-state index in [9.17, 15) is 4.79 Å². The molecule has 1 heterocycles. The molecule has 0 aliphatic heterocycles. The summed E-state index contributed by atoms with van der Waals surface area (Å²) in [5.74, 6) is -0.369. The zero-order valence-corrected chi connectivity index (χ0v) is 17.7. The average Bonchev–Trinajstić information content (AvgIpc) is 2.76. The molecule has 0 spiro atoms. The van der Waals surface area contributed by atoms with Gasteiger partial charge in [0.05, 0.1) is 33.0 Å². The van der Waals surface area contributed by atoms with Gasteiger partial charge in [0.25, 0.3) is 5.91 Å². The number of carbonyl (C=O) groups is 1. The molecular weight excluding hydrogens is 441 g/mol. The summed E-state index contributed by atoms with van der Waals surface area (Å²) in [5.41, 5.74) is 5.85. The fourth-order valence-corrected chi connectivity index (χ4v) is 3.68. The fourth-order valence-electron chi connectivity index (χ4n) is 3.01. The molecule has 4 nitrogen and oxygen atoms in total. The first-order chi connectivity index (χ1) is 14.5. The molecule has 0 bridgehead atoms. The Kier molecular flexibility index (Phi) is 6.00. The molecule has 1 N–H and O–H groups in total. The molecular formula is C23H14Cl3N3O. The highest BCUT2D eigenvalue weighted by Crippen LogP contribution is 2.29. The van der Waals surface area contributed by atoms with Gasteiger partial charge in [0.15, 0.2) is 0 Å². The van der Waals surface area contributed by atoms with E-state index in [0.717, 1.165) is 16.5 Å². The van der Waals surface area contributed by atoms with Gasteiger partial charge in [-0.2, -0.15) is 5.10 Å². The highest BCUT2D eigenvalue weighted by molar-refractivity contribution is 6.44. The van der Waals surface area contributed by atoms with Crippen molar-refractivity contribution < 1.29 is 4.79 Å². The van der Waals surface area contributed by atoms with E-state index in [2.05, 4.69) is 15.5 Å². The van der Waals surface area contributed by atoms with E-state index in [-0.39, 0.29) is 5.91 Å². The van der Waals surface area contributed by atoms with Gasteiger partial charge in [-0.1, -0.05) is 83.3 Å². The topological polar surface area (TPSA) is 54.4 Å². The first-order valence-corrected chi connectivity index (χ1v) is 10.1. The number of nitrogens with zero attached hydrogens (tertiary/aromatic N) is 2. The molecule has 148 valence electrons. The third-order valence-corrected chi connectivity index (χ3v) is 5.46. The first kappa shape index (κ1) is 20.4. The van der Waals surface area contributed by atoms with Crippen LogP contribution in [0.2, 0.25) is 15.1 Å². The molecule has 4 aromatic rings. The molecule has 7 heteroatoms. The van der Waals surface area contributed by atoms with E-state index in [0.29, 0.717) is 31.9 Å². The lowest BCUT2D eigenvalue weighted by Gasteiger charge is -2.09. The van der Waals surface area contributed by atoms with Gasteiger partial charge in [0.1, 0.15) is 0 Å². The minimum absolute atomic E-state index is 0.305. The molecule has 1 amide bonds. The van der Waals surface area contributed by atoms with Gasteiger partial charge >= 0.3 is 0 Å². The van der Waals surface area contributed by atoms with E-state index in [1.165, 1.54) is 12.3 Å². The Morgan fingerprint density at radius 3 is 2.47 bits per heavy atom. The summed E-state index contributed by atoms with van der Waals surface area (Å²) >= 11 is 18.2. The molecule has 4 rings (SSSR count). The maximum Gasteiger partial charge on any atom is 0.272 e. The summed E-state index contributed by atoms with van der Waals surface area (Å²) in [5, 5.41) is 5.79. The van der Waals surface area contributed by atoms with Gasteiger partial charge in [-0.15, -0.1) is 0 Å². The Morgan fingerprint density at radius 1 is 0.933 bits per heavy atom. The average molecular weight is 455 g/mol. The van der Waals surface area contributed by atoms with Crippen molar-refractivity contribution in [1.82, 2.24) is 10.4 Å². The number of pyridine rings is 1. The van der Waals surface area contributed by atoms with Crippen molar-refractivity contribution in [3.8, 4) is 11.3 Å². The Bertz CT molecular complexity index is 1270. The molecule has 0 fully saturated rings. The minimum Gasteiger partial charge on any atom is -0.267 e. The van der Waals surface area contributed by atoms with Gasteiger partial charge in [-0.3, -0.25) is 4.79 Å². The van der Waals surface area contributed by atoms with Crippen molar-refractivity contribution in [2.24, 2.45) is 5.10 Å². The Morgan fingerprint density at radius 2 is 1.67 bits per heavy atom. The van der Waals surface area contributed by atoms with Crippen molar-refractivity contribution in [2.45, 2.75) is 0 Å². The van der Waals surface area contributed by atoms with Crippen LogP contribution in [-0.2, 0) is 0 Å². The number of hydrazone groups is 1. The zero-order valence-electron chi connectivity index (χ0n) is 15.4. The molecule has 0 radical (unpaired) electrons. The van der Waals surface area contributed by atoms with E-state index in [1.54, 1.807) is 12.1 Å². The summed E-state index contributed by atoms with van der Waals surface area (Å²) < 4.78 is 0. The number of aromatic nitrogens is 1. The monoisotopic (exact) mass is 453 g/mol. The third-order valence-electron chi connectivity index (χ3n) is 4.42. The number of fused-ring (bicyclic) bond motifs is 1. The highest BCUT2D eigenvalue weighted by Gasteiger charge is 2.13. The van der Waals surface area contributed by atoms with Gasteiger partial charge in [-0.25, -0.2) is 10.4 Å². The van der Waals surface area contributed by atoms with E-state index in [1.807, 2.05) is 54.6 Å². The van der Waals surface area contributed by atoms with Gasteiger partial charge in [-0.05, 0) is 24.3 Å². The predicted octanol–water partition coefficient (Wildman–Crippen LogP) is 6.63. The second-order valence-electron chi connectivity index (χ2n) is 6.43. The number of rotatable bonds is 4. The van der Waals surface area contributed by atoms with Crippen molar-refractivity contribution in [1.29, 1.82) is 0 Å². The lowest BCUT2D eigenvalue weighted by atomic mass is 10.0. The molecule has 30 heavy (non-hydrogen) atoms. The summed E-state index contributed by atoms with van der Waals surface area (Å²) in [7, 11) is 0. The maximum atomic E-state index is 12.9. The highest BCUT2D eigenvalue weighted by atomic mass is 35.5. The molecule has 0 atom stereocenters. The van der Waals surface area contributed by atoms with E-state index < -0.39 is 0 Å². The van der Waals surface area contributed by atoms with Crippen LogP contribution < -0.4 is 5.43 Å². The summed E-state index contributed by atoms with van der Waals surface area (Å²) in [6, 6.07) is 22.0. The molecule has 0 aliphatic carbocycles. The molecule has 3 aromatic carbocycles. The van der Waals surface area contributed by atoms with Crippen molar-refractivity contribution in [2.75, 3.05) is 0 Å². The number of nitrogens with one attached hydrogen (secondary N) is 1. The van der Waals surface area contributed by atoms with Crippen molar-refractivity contribution >= 4 is 57.8 Å². The van der Waals surface area contributed by atoms with E-state index >= 15 is 0 Å². The molecule has 0 aliphatic rings. The number of amides is 1. The number of carbonyl (C=O) groups excluding carboxylic acids is 1. The van der Waals surface area contributed by atoms with Gasteiger partial charge in [0, 0.05) is 21.5 Å². The zero-order chi connectivity index (χ0) is 21.1. The minimum atomic E-state index is -0.369. The van der Waals surface area contributed by atoms with Crippen molar-refractivity contribution in [3.63, 3.8) is 0 Å². The maximum absolute atomic E-state index is 12.9. The fraction of sp³-hybridized carbons (Fsp3) is 0. The van der Waals surface area contributed by atoms with Gasteiger partial charge < -0.3 is 0 Å². The predicted molar refractivity (Wildman–Crippen MR) is 124 cm³/mol. The summed E-state index contributed by atoms with van der Waals surface area (Å²) in [6.07, 6.45) is 1.40. The molecule has 0 unspecified atom stereocenters. The second kappa shape index (κ2) is 8.84. The first-order valence-electron chi connectivity index (χ1n) is 8.96. The number of halogens is 3. The largest absolute Gasteiger partial charge is 0.272 e. The lowest BCUT2D eigenvalue weighted by molar-refractivity contribution is 0.0956. The van der Waals surface area contributed by atoms with Crippen LogP contribution in [0.25, 0.3) is 22.2 Å². The van der Waals surface area contributed by atoms with Crippen LogP contribution in [-0.4, -0.2) is 17.1 Å². The quantitative estimate of drug-likeness (QED) is 0.214. The second-order valence-corrected chi connectivity index (χ2v) is 7.65. The third kappa shape index (κ3) is 4.31. The standard InChI is InChI=1S/C23H14Cl3N3O/c24-16-10-15(22(26)19(25)11-16)13-27-29-23(30)18-12-21(14-6-2-1-3-7-14)28-20-9-5-4-8-17(18)20/h1-13H,(H,29,30)/b27-13+. The molecule has 0 saturated heterocycles. The van der Waals surface area contributed by atoms with Crippen LogP contribution in [0.3, 0.4) is 0 Å². The smallest absolute Gasteiger partial charge is 0.267 e. The van der Waals surface area contributed by atoms with Crippen LogP contribution in [0.4, 0.5) is 0 Å². The molecule has 0 saturated carbocycles. The van der Waals surface area contributed by atoms with Crippen LogP contribution in [0.1, 0.15) is 15.9 Å². The molecule has 1 aromatic heterocycles. The van der Waals surface area contributed by atoms with Crippen LogP contribution >= 0.6 is 34.8 Å². The summed E-state index contributed by atoms with van der Waals surface area (Å²) in [4.78, 5) is 17.6. The SMILES string of the molecule is O=C(N/N=C/c1cc(Cl)cc(Cl)c1Cl)c1cc(-c2ccccc2)nc2ccccc12. The number of benzene rings is 3. The Labute approximate surface area is 188 Å². The van der Waals surface area contributed by atoms with Gasteiger partial charge in [0.2, 0.25) is 0 Å². The normalized spacial score (nSPS) is 11.2. The summed E-state index contributed by atoms with van der Waals surface area (Å²) in [6.45, 7) is 0.